The van der Waals surface area contributed by atoms with E-state index in [1.165, 1.54) is 12.1 Å². The number of hydrogen-bond donors (Lipinski definition) is 1. The molecular weight excluding hydrogens is 154 g/mol. The molecule has 12 heavy (non-hydrogen) atoms. The molecule has 62 valence electrons. The minimum atomic E-state index is 0.169. The summed E-state index contributed by atoms with van der Waals surface area (Å²) in [6.07, 6.45) is 2.19. The smallest absolute Gasteiger partial charge is 0.119 e. The van der Waals surface area contributed by atoms with Crippen LogP contribution in [0, 0.1) is 4.91 Å². The number of hydrogen-bond acceptors (Lipinski definition) is 3. The lowest BCUT2D eigenvalue weighted by Gasteiger charge is -2.00. The number of nitroso groups, excluding NO2 is 1. The average molecular weight is 163 g/mol. The van der Waals surface area contributed by atoms with Crippen molar-refractivity contribution in [2.24, 2.45) is 5.18 Å². The van der Waals surface area contributed by atoms with Gasteiger partial charge in [0.05, 0.1) is 0 Å². The molecule has 0 aliphatic rings. The van der Waals surface area contributed by atoms with Crippen molar-refractivity contribution in [1.82, 2.24) is 0 Å². The number of rotatable bonds is 3. The highest BCUT2D eigenvalue weighted by Gasteiger charge is 2.00. The zero-order valence-electron chi connectivity index (χ0n) is 6.53. The molecule has 0 atom stereocenters. The van der Waals surface area contributed by atoms with Gasteiger partial charge in [-0.25, -0.2) is 0 Å². The molecule has 0 saturated heterocycles. The van der Waals surface area contributed by atoms with Crippen molar-refractivity contribution in [1.29, 1.82) is 0 Å². The molecule has 0 aromatic heterocycles. The number of phenols is 1. The number of nitrogens with zero attached hydrogens (tertiary/aromatic N) is 1. The van der Waals surface area contributed by atoms with Gasteiger partial charge in [0, 0.05) is 0 Å². The summed E-state index contributed by atoms with van der Waals surface area (Å²) in [5.41, 5.74) is 0.992. The Balaban J connectivity index is 3.06. The lowest BCUT2D eigenvalue weighted by molar-refractivity contribution is 0.470. The summed E-state index contributed by atoms with van der Waals surface area (Å²) >= 11 is 0. The number of aromatic hydroxyl groups is 1. The molecule has 1 N–H and O–H groups in total. The number of allylic oxidation sites excluding steroid dienone is 1. The lowest BCUT2D eigenvalue weighted by Crippen LogP contribution is -1.80. The standard InChI is InChI=1S/C9H9NO2/c1-2-3-7-6-8(10-12)4-5-9(7)11/h2,4-6,11H,1,3H2. The summed E-state index contributed by atoms with van der Waals surface area (Å²) in [5, 5.41) is 12.0. The van der Waals surface area contributed by atoms with E-state index in [-0.39, 0.29) is 5.75 Å². The summed E-state index contributed by atoms with van der Waals surface area (Å²) in [6, 6.07) is 4.47. The third kappa shape index (κ3) is 1.69. The lowest BCUT2D eigenvalue weighted by atomic mass is 10.1. The van der Waals surface area contributed by atoms with Crippen LogP contribution in [0.5, 0.6) is 5.75 Å². The van der Waals surface area contributed by atoms with Crippen molar-refractivity contribution in [3.63, 3.8) is 0 Å². The van der Waals surface area contributed by atoms with E-state index in [1.807, 2.05) is 0 Å². The maximum absolute atomic E-state index is 10.1. The molecule has 0 spiro atoms. The first kappa shape index (κ1) is 8.46. The van der Waals surface area contributed by atoms with Crippen LogP contribution in [-0.4, -0.2) is 5.11 Å². The topological polar surface area (TPSA) is 49.7 Å². The van der Waals surface area contributed by atoms with Gasteiger partial charge in [-0.2, -0.15) is 0 Å². The summed E-state index contributed by atoms with van der Waals surface area (Å²) in [7, 11) is 0. The van der Waals surface area contributed by atoms with Gasteiger partial charge in [0.1, 0.15) is 11.4 Å². The Kier molecular flexibility index (Phi) is 2.58. The predicted octanol–water partition coefficient (Wildman–Crippen LogP) is 2.52. The SMILES string of the molecule is C=CCc1cc(N=O)ccc1O. The first-order valence-corrected chi connectivity index (χ1v) is 3.54. The molecule has 0 bridgehead atoms. The van der Waals surface area contributed by atoms with Crippen LogP contribution in [0.2, 0.25) is 0 Å². The molecule has 3 heteroatoms. The maximum Gasteiger partial charge on any atom is 0.119 e. The van der Waals surface area contributed by atoms with Crippen molar-refractivity contribution in [2.45, 2.75) is 6.42 Å². The maximum atomic E-state index is 10.1. The van der Waals surface area contributed by atoms with Gasteiger partial charge in [-0.3, -0.25) is 0 Å². The molecule has 0 aliphatic carbocycles. The van der Waals surface area contributed by atoms with E-state index in [2.05, 4.69) is 11.8 Å². The Morgan fingerprint density at radius 1 is 1.58 bits per heavy atom. The van der Waals surface area contributed by atoms with Crippen LogP contribution in [-0.2, 0) is 6.42 Å². The van der Waals surface area contributed by atoms with Crippen LogP contribution in [0.1, 0.15) is 5.56 Å². The Hall–Kier alpha value is -1.64. The molecule has 1 aromatic carbocycles. The number of phenolic OH excluding ortho intramolecular Hbond substituents is 1. The van der Waals surface area contributed by atoms with Crippen molar-refractivity contribution < 1.29 is 5.11 Å². The van der Waals surface area contributed by atoms with E-state index in [4.69, 9.17) is 0 Å². The average Bonchev–Trinajstić information content (AvgIpc) is 2.09. The second-order valence-electron chi connectivity index (χ2n) is 2.40. The normalized spacial score (nSPS) is 9.33. The predicted molar refractivity (Wildman–Crippen MR) is 47.5 cm³/mol. The molecule has 0 aliphatic heterocycles. The fourth-order valence-electron chi connectivity index (χ4n) is 0.948. The molecule has 0 saturated carbocycles. The summed E-state index contributed by atoms with van der Waals surface area (Å²) in [6.45, 7) is 3.53. The van der Waals surface area contributed by atoms with Gasteiger partial charge in [-0.15, -0.1) is 11.5 Å². The fraction of sp³-hybridized carbons (Fsp3) is 0.111. The van der Waals surface area contributed by atoms with Crippen LogP contribution >= 0.6 is 0 Å². The first-order chi connectivity index (χ1) is 5.77. The quantitative estimate of drug-likeness (QED) is 0.549. The molecule has 3 nitrogen and oxygen atoms in total. The molecule has 1 aromatic rings. The van der Waals surface area contributed by atoms with Crippen LogP contribution in [0.15, 0.2) is 36.0 Å². The van der Waals surface area contributed by atoms with Crippen molar-refractivity contribution in [2.75, 3.05) is 0 Å². The molecule has 0 unspecified atom stereocenters. The van der Waals surface area contributed by atoms with E-state index < -0.39 is 0 Å². The molecule has 0 radical (unpaired) electrons. The molecule has 0 fully saturated rings. The van der Waals surface area contributed by atoms with Gasteiger partial charge < -0.3 is 5.11 Å². The minimum Gasteiger partial charge on any atom is -0.508 e. The van der Waals surface area contributed by atoms with Gasteiger partial charge in [-0.05, 0) is 35.4 Å². The van der Waals surface area contributed by atoms with Gasteiger partial charge in [0.15, 0.2) is 0 Å². The van der Waals surface area contributed by atoms with E-state index in [1.54, 1.807) is 12.1 Å². The van der Waals surface area contributed by atoms with Gasteiger partial charge in [0.25, 0.3) is 0 Å². The minimum absolute atomic E-state index is 0.169. The third-order valence-electron chi connectivity index (χ3n) is 1.53. The summed E-state index contributed by atoms with van der Waals surface area (Å²) in [5.74, 6) is 0.169. The van der Waals surface area contributed by atoms with Gasteiger partial charge in [-0.1, -0.05) is 6.08 Å². The van der Waals surface area contributed by atoms with Crippen molar-refractivity contribution >= 4 is 5.69 Å². The second kappa shape index (κ2) is 3.67. The van der Waals surface area contributed by atoms with Crippen LogP contribution in [0.3, 0.4) is 0 Å². The fourth-order valence-corrected chi connectivity index (χ4v) is 0.948. The van der Waals surface area contributed by atoms with Crippen LogP contribution in [0.4, 0.5) is 5.69 Å². The largest absolute Gasteiger partial charge is 0.508 e. The molecule has 0 amide bonds. The molecular formula is C9H9NO2. The zero-order chi connectivity index (χ0) is 8.97. The van der Waals surface area contributed by atoms with Gasteiger partial charge in [0.2, 0.25) is 0 Å². The Bertz CT molecular complexity index is 307. The summed E-state index contributed by atoms with van der Waals surface area (Å²) in [4.78, 5) is 10.1. The van der Waals surface area contributed by atoms with Crippen LogP contribution < -0.4 is 0 Å². The molecule has 0 heterocycles. The molecule has 1 rings (SSSR count). The van der Waals surface area contributed by atoms with E-state index in [9.17, 15) is 10.0 Å². The highest BCUT2D eigenvalue weighted by atomic mass is 16.3. The van der Waals surface area contributed by atoms with Crippen molar-refractivity contribution in [3.05, 3.63) is 41.3 Å². The van der Waals surface area contributed by atoms with Crippen LogP contribution in [0.25, 0.3) is 0 Å². The van der Waals surface area contributed by atoms with Crippen molar-refractivity contribution in [3.8, 4) is 5.75 Å². The highest BCUT2D eigenvalue weighted by molar-refractivity contribution is 5.47. The Labute approximate surface area is 70.3 Å². The zero-order valence-corrected chi connectivity index (χ0v) is 6.53. The van der Waals surface area contributed by atoms with E-state index in [0.717, 1.165) is 0 Å². The Morgan fingerprint density at radius 2 is 2.33 bits per heavy atom. The highest BCUT2D eigenvalue weighted by Crippen LogP contribution is 2.23. The number of benzene rings is 1. The first-order valence-electron chi connectivity index (χ1n) is 3.54. The third-order valence-corrected chi connectivity index (χ3v) is 1.53. The Morgan fingerprint density at radius 3 is 2.92 bits per heavy atom. The van der Waals surface area contributed by atoms with E-state index in [0.29, 0.717) is 17.7 Å². The second-order valence-corrected chi connectivity index (χ2v) is 2.40. The monoisotopic (exact) mass is 163 g/mol. The van der Waals surface area contributed by atoms with E-state index >= 15 is 0 Å². The van der Waals surface area contributed by atoms with Gasteiger partial charge >= 0.3 is 0 Å². The summed E-state index contributed by atoms with van der Waals surface area (Å²) < 4.78 is 0.